The van der Waals surface area contributed by atoms with Crippen LogP contribution in [0.5, 0.6) is 5.75 Å². The van der Waals surface area contributed by atoms with Crippen LogP contribution in [0.2, 0.25) is 0 Å². The predicted octanol–water partition coefficient (Wildman–Crippen LogP) is 2.01. The molecule has 0 spiro atoms. The largest absolute Gasteiger partial charge is 0.484 e. The summed E-state index contributed by atoms with van der Waals surface area (Å²) in [6, 6.07) is 5.80. The Hall–Kier alpha value is -2.15. The minimum atomic E-state index is -0.373. The summed E-state index contributed by atoms with van der Waals surface area (Å²) in [7, 11) is 0. The number of nitrogens with zero attached hydrogens (tertiary/aromatic N) is 3. The smallest absolute Gasteiger partial charge is 0.260 e. The van der Waals surface area contributed by atoms with Gasteiger partial charge in [-0.15, -0.1) is 11.3 Å². The molecule has 3 rings (SSSR count). The van der Waals surface area contributed by atoms with Crippen LogP contribution >= 0.6 is 11.3 Å². The Morgan fingerprint density at radius 1 is 1.32 bits per heavy atom. The molecule has 0 bridgehead atoms. The summed E-state index contributed by atoms with van der Waals surface area (Å²) in [5, 5.41) is 2.93. The lowest BCUT2D eigenvalue weighted by Gasteiger charge is -2.34. The normalized spacial score (nSPS) is 15.0. The maximum absolute atomic E-state index is 13.0. The molecule has 1 fully saturated rings. The average Bonchev–Trinajstić information content (AvgIpc) is 3.07. The molecule has 0 atom stereocenters. The van der Waals surface area contributed by atoms with Gasteiger partial charge in [-0.25, -0.2) is 9.37 Å². The number of thiazole rings is 1. The van der Waals surface area contributed by atoms with Gasteiger partial charge in [0.15, 0.2) is 11.7 Å². The van der Waals surface area contributed by atoms with Crippen molar-refractivity contribution in [3.63, 3.8) is 0 Å². The van der Waals surface area contributed by atoms with Crippen LogP contribution < -0.4 is 9.64 Å². The van der Waals surface area contributed by atoms with E-state index in [4.69, 9.17) is 4.74 Å². The second kappa shape index (κ2) is 6.74. The van der Waals surface area contributed by atoms with Crippen molar-refractivity contribution in [3.05, 3.63) is 41.7 Å². The average molecular weight is 321 g/mol. The Kier molecular flexibility index (Phi) is 4.53. The van der Waals surface area contributed by atoms with E-state index in [1.165, 1.54) is 12.1 Å². The molecule has 0 unspecified atom stereocenters. The highest BCUT2D eigenvalue weighted by Crippen LogP contribution is 2.19. The molecule has 116 valence electrons. The highest BCUT2D eigenvalue weighted by molar-refractivity contribution is 7.13. The van der Waals surface area contributed by atoms with Gasteiger partial charge in [0, 0.05) is 43.8 Å². The summed E-state index contributed by atoms with van der Waals surface area (Å²) in [6.07, 6.45) is 1.78. The van der Waals surface area contributed by atoms with Gasteiger partial charge in [0.05, 0.1) is 0 Å². The molecule has 1 aliphatic heterocycles. The number of amides is 1. The van der Waals surface area contributed by atoms with Crippen molar-refractivity contribution < 1.29 is 13.9 Å². The minimum Gasteiger partial charge on any atom is -0.484 e. The number of carbonyl (C=O) groups excluding carboxylic acids is 1. The molecular formula is C15H16FN3O2S. The second-order valence-electron chi connectivity index (χ2n) is 4.93. The highest BCUT2D eigenvalue weighted by atomic mass is 32.1. The molecular weight excluding hydrogens is 305 g/mol. The quantitative estimate of drug-likeness (QED) is 0.864. The first kappa shape index (κ1) is 14.8. The molecule has 0 radical (unpaired) electrons. The number of anilines is 1. The number of piperazine rings is 1. The first-order valence-corrected chi connectivity index (χ1v) is 7.91. The molecule has 22 heavy (non-hydrogen) atoms. The van der Waals surface area contributed by atoms with Crippen LogP contribution in [-0.4, -0.2) is 48.6 Å². The van der Waals surface area contributed by atoms with Gasteiger partial charge < -0.3 is 14.5 Å². The molecule has 1 aromatic carbocycles. The lowest BCUT2D eigenvalue weighted by Crippen LogP contribution is -2.50. The van der Waals surface area contributed by atoms with Gasteiger partial charge in [-0.05, 0) is 12.1 Å². The van der Waals surface area contributed by atoms with Crippen LogP contribution in [0, 0.1) is 5.82 Å². The minimum absolute atomic E-state index is 0.0687. The van der Waals surface area contributed by atoms with Crippen molar-refractivity contribution in [1.82, 2.24) is 9.88 Å². The molecule has 2 heterocycles. The number of carbonyl (C=O) groups is 1. The van der Waals surface area contributed by atoms with E-state index in [1.54, 1.807) is 34.6 Å². The van der Waals surface area contributed by atoms with Crippen LogP contribution in [0.1, 0.15) is 0 Å². The fourth-order valence-corrected chi connectivity index (χ4v) is 3.01. The van der Waals surface area contributed by atoms with Crippen molar-refractivity contribution in [3.8, 4) is 5.75 Å². The third-order valence-corrected chi connectivity index (χ3v) is 4.31. The number of ether oxygens (including phenoxy) is 1. The van der Waals surface area contributed by atoms with Gasteiger partial charge in [0.1, 0.15) is 11.6 Å². The maximum Gasteiger partial charge on any atom is 0.260 e. The van der Waals surface area contributed by atoms with Gasteiger partial charge in [0.25, 0.3) is 5.91 Å². The number of benzene rings is 1. The van der Waals surface area contributed by atoms with E-state index in [0.717, 1.165) is 18.2 Å². The van der Waals surface area contributed by atoms with Gasteiger partial charge in [0.2, 0.25) is 0 Å². The van der Waals surface area contributed by atoms with Crippen molar-refractivity contribution in [2.75, 3.05) is 37.7 Å². The third-order valence-electron chi connectivity index (χ3n) is 3.48. The van der Waals surface area contributed by atoms with E-state index in [9.17, 15) is 9.18 Å². The van der Waals surface area contributed by atoms with E-state index in [0.29, 0.717) is 18.8 Å². The highest BCUT2D eigenvalue weighted by Gasteiger charge is 2.22. The van der Waals surface area contributed by atoms with Crippen molar-refractivity contribution in [2.45, 2.75) is 0 Å². The molecule has 7 heteroatoms. The standard InChI is InChI=1S/C15H16FN3O2S/c16-12-2-1-3-13(10-12)21-11-14(20)18-5-7-19(8-6-18)15-17-4-9-22-15/h1-4,9-10H,5-8,11H2. The maximum atomic E-state index is 13.0. The van der Waals surface area contributed by atoms with Crippen LogP contribution in [-0.2, 0) is 4.79 Å². The molecule has 1 amide bonds. The monoisotopic (exact) mass is 321 g/mol. The number of halogens is 1. The topological polar surface area (TPSA) is 45.7 Å². The third kappa shape index (κ3) is 3.54. The van der Waals surface area contributed by atoms with Crippen molar-refractivity contribution in [2.24, 2.45) is 0 Å². The van der Waals surface area contributed by atoms with Crippen LogP contribution in [0.25, 0.3) is 0 Å². The van der Waals surface area contributed by atoms with Crippen LogP contribution in [0.15, 0.2) is 35.8 Å². The fourth-order valence-electron chi connectivity index (χ4n) is 2.31. The summed E-state index contributed by atoms with van der Waals surface area (Å²) in [5.41, 5.74) is 0. The summed E-state index contributed by atoms with van der Waals surface area (Å²) < 4.78 is 18.4. The summed E-state index contributed by atoms with van der Waals surface area (Å²) in [5.74, 6) is -0.0835. The number of hydrogen-bond acceptors (Lipinski definition) is 5. The summed E-state index contributed by atoms with van der Waals surface area (Å²) >= 11 is 1.60. The summed E-state index contributed by atoms with van der Waals surface area (Å²) in [6.45, 7) is 2.75. The van der Waals surface area contributed by atoms with Gasteiger partial charge in [-0.1, -0.05) is 6.07 Å². The Morgan fingerprint density at radius 2 is 2.14 bits per heavy atom. The molecule has 0 N–H and O–H groups in total. The Morgan fingerprint density at radius 3 is 2.82 bits per heavy atom. The van der Waals surface area contributed by atoms with E-state index in [2.05, 4.69) is 9.88 Å². The Bertz CT molecular complexity index is 627. The van der Waals surface area contributed by atoms with E-state index < -0.39 is 0 Å². The predicted molar refractivity (Wildman–Crippen MR) is 82.8 cm³/mol. The number of hydrogen-bond donors (Lipinski definition) is 0. The molecule has 2 aromatic rings. The van der Waals surface area contributed by atoms with Crippen molar-refractivity contribution in [1.29, 1.82) is 0 Å². The Balaban J connectivity index is 1.48. The molecule has 1 aromatic heterocycles. The molecule has 1 aliphatic rings. The second-order valence-corrected chi connectivity index (χ2v) is 5.80. The fraction of sp³-hybridized carbons (Fsp3) is 0.333. The van der Waals surface area contributed by atoms with Gasteiger partial charge in [-0.3, -0.25) is 4.79 Å². The molecule has 0 saturated carbocycles. The van der Waals surface area contributed by atoms with E-state index in [-0.39, 0.29) is 18.3 Å². The first-order chi connectivity index (χ1) is 10.7. The van der Waals surface area contributed by atoms with Crippen molar-refractivity contribution >= 4 is 22.4 Å². The SMILES string of the molecule is O=C(COc1cccc(F)c1)N1CCN(c2nccs2)CC1. The lowest BCUT2D eigenvalue weighted by atomic mass is 10.3. The Labute approximate surface area is 131 Å². The zero-order chi connectivity index (χ0) is 15.4. The molecule has 0 aliphatic carbocycles. The van der Waals surface area contributed by atoms with Crippen LogP contribution in [0.3, 0.4) is 0 Å². The zero-order valence-corrected chi connectivity index (χ0v) is 12.8. The summed E-state index contributed by atoms with van der Waals surface area (Å²) in [4.78, 5) is 20.3. The lowest BCUT2D eigenvalue weighted by molar-refractivity contribution is -0.133. The zero-order valence-electron chi connectivity index (χ0n) is 11.9. The van der Waals surface area contributed by atoms with Gasteiger partial charge >= 0.3 is 0 Å². The van der Waals surface area contributed by atoms with Crippen LogP contribution in [0.4, 0.5) is 9.52 Å². The van der Waals surface area contributed by atoms with E-state index in [1.807, 2.05) is 5.38 Å². The number of aromatic nitrogens is 1. The first-order valence-electron chi connectivity index (χ1n) is 7.03. The van der Waals surface area contributed by atoms with E-state index >= 15 is 0 Å². The van der Waals surface area contributed by atoms with Gasteiger partial charge in [-0.2, -0.15) is 0 Å². The molecule has 1 saturated heterocycles. The molecule has 5 nitrogen and oxygen atoms in total. The number of rotatable bonds is 4.